The number of ether oxygens (including phenoxy) is 1. The lowest BCUT2D eigenvalue weighted by atomic mass is 10.3. The second-order valence-corrected chi connectivity index (χ2v) is 6.66. The summed E-state index contributed by atoms with van der Waals surface area (Å²) in [6, 6.07) is 6.53. The average molecular weight is 357 g/mol. The standard InChI is InChI=1S/C13H13BrN2O3S/c1-9-5-6-15-8-11(9)16-20(17,18)13-7-10(14)3-4-12(13)19-2/h3-8,16H,1-2H3. The molecule has 0 aliphatic heterocycles. The summed E-state index contributed by atoms with van der Waals surface area (Å²) in [6.45, 7) is 1.80. The van der Waals surface area contributed by atoms with E-state index in [1.54, 1.807) is 31.3 Å². The maximum Gasteiger partial charge on any atom is 0.265 e. The Morgan fingerprint density at radius 2 is 2.05 bits per heavy atom. The van der Waals surface area contributed by atoms with Crippen LogP contribution in [0.15, 0.2) is 46.0 Å². The fourth-order valence-corrected chi connectivity index (χ4v) is 3.46. The zero-order valence-electron chi connectivity index (χ0n) is 10.9. The smallest absolute Gasteiger partial charge is 0.265 e. The molecule has 0 aliphatic carbocycles. The normalized spacial score (nSPS) is 11.2. The van der Waals surface area contributed by atoms with Crippen molar-refractivity contribution in [1.29, 1.82) is 0 Å². The molecule has 1 N–H and O–H groups in total. The Labute approximate surface area is 126 Å². The zero-order chi connectivity index (χ0) is 14.8. The topological polar surface area (TPSA) is 68.3 Å². The molecular weight excluding hydrogens is 344 g/mol. The first-order valence-corrected chi connectivity index (χ1v) is 7.98. The quantitative estimate of drug-likeness (QED) is 0.914. The molecule has 0 amide bonds. The minimum Gasteiger partial charge on any atom is -0.495 e. The van der Waals surface area contributed by atoms with Crippen LogP contribution in [0.5, 0.6) is 5.75 Å². The lowest BCUT2D eigenvalue weighted by molar-refractivity contribution is 0.403. The summed E-state index contributed by atoms with van der Waals surface area (Å²) < 4.78 is 33.2. The summed E-state index contributed by atoms with van der Waals surface area (Å²) in [4.78, 5) is 3.98. The molecule has 0 unspecified atom stereocenters. The Bertz CT molecular complexity index is 732. The molecule has 1 aromatic heterocycles. The van der Waals surface area contributed by atoms with Gasteiger partial charge in [-0.3, -0.25) is 9.71 Å². The number of methoxy groups -OCH3 is 1. The van der Waals surface area contributed by atoms with Gasteiger partial charge >= 0.3 is 0 Å². The van der Waals surface area contributed by atoms with Crippen LogP contribution in [0.25, 0.3) is 0 Å². The summed E-state index contributed by atoms with van der Waals surface area (Å²) in [5, 5.41) is 0. The average Bonchev–Trinajstić information content (AvgIpc) is 2.41. The van der Waals surface area contributed by atoms with Gasteiger partial charge in [0.2, 0.25) is 0 Å². The fraction of sp³-hybridized carbons (Fsp3) is 0.154. The highest BCUT2D eigenvalue weighted by atomic mass is 79.9. The Balaban J connectivity index is 2.46. The summed E-state index contributed by atoms with van der Waals surface area (Å²) in [7, 11) is -2.32. The number of hydrogen-bond donors (Lipinski definition) is 1. The number of pyridine rings is 1. The van der Waals surface area contributed by atoms with E-state index in [-0.39, 0.29) is 10.6 Å². The fourth-order valence-electron chi connectivity index (χ4n) is 1.63. The third kappa shape index (κ3) is 3.10. The van der Waals surface area contributed by atoms with Crippen LogP contribution in [0.3, 0.4) is 0 Å². The summed E-state index contributed by atoms with van der Waals surface area (Å²) >= 11 is 3.26. The van der Waals surface area contributed by atoms with Crippen molar-refractivity contribution in [1.82, 2.24) is 4.98 Å². The summed E-state index contributed by atoms with van der Waals surface area (Å²) in [5.41, 5.74) is 1.23. The van der Waals surface area contributed by atoms with Gasteiger partial charge in [-0.05, 0) is 36.8 Å². The number of nitrogens with zero attached hydrogens (tertiary/aromatic N) is 1. The number of halogens is 1. The Morgan fingerprint density at radius 1 is 1.30 bits per heavy atom. The van der Waals surface area contributed by atoms with Gasteiger partial charge in [-0.1, -0.05) is 15.9 Å². The highest BCUT2D eigenvalue weighted by Crippen LogP contribution is 2.29. The van der Waals surface area contributed by atoms with Gasteiger partial charge in [0.25, 0.3) is 10.0 Å². The SMILES string of the molecule is COc1ccc(Br)cc1S(=O)(=O)Nc1cnccc1C. The van der Waals surface area contributed by atoms with Crippen molar-refractivity contribution in [3.05, 3.63) is 46.7 Å². The molecule has 0 aliphatic rings. The van der Waals surface area contributed by atoms with Crippen LogP contribution >= 0.6 is 15.9 Å². The van der Waals surface area contributed by atoms with Gasteiger partial charge in [-0.25, -0.2) is 8.42 Å². The molecule has 5 nitrogen and oxygen atoms in total. The molecule has 0 atom stereocenters. The van der Waals surface area contributed by atoms with Gasteiger partial charge in [-0.2, -0.15) is 0 Å². The Hall–Kier alpha value is -1.60. The van der Waals surface area contributed by atoms with E-state index in [2.05, 4.69) is 25.6 Å². The van der Waals surface area contributed by atoms with Crippen LogP contribution in [0, 0.1) is 6.92 Å². The van der Waals surface area contributed by atoms with E-state index in [1.807, 2.05) is 0 Å². The van der Waals surface area contributed by atoms with Gasteiger partial charge in [0, 0.05) is 10.7 Å². The third-order valence-corrected chi connectivity index (χ3v) is 4.58. The number of nitrogens with one attached hydrogen (secondary N) is 1. The van der Waals surface area contributed by atoms with Crippen LogP contribution in [0.1, 0.15) is 5.56 Å². The highest BCUT2D eigenvalue weighted by molar-refractivity contribution is 9.10. The summed E-state index contributed by atoms with van der Waals surface area (Å²) in [6.07, 6.45) is 3.07. The number of anilines is 1. The van der Waals surface area contributed by atoms with Gasteiger partial charge < -0.3 is 4.74 Å². The van der Waals surface area contributed by atoms with E-state index >= 15 is 0 Å². The zero-order valence-corrected chi connectivity index (χ0v) is 13.3. The van der Waals surface area contributed by atoms with E-state index < -0.39 is 10.0 Å². The lowest BCUT2D eigenvalue weighted by Gasteiger charge is -2.13. The van der Waals surface area contributed by atoms with Crippen LogP contribution in [-0.4, -0.2) is 20.5 Å². The van der Waals surface area contributed by atoms with E-state index in [0.717, 1.165) is 5.56 Å². The molecule has 1 aromatic carbocycles. The maximum absolute atomic E-state index is 12.4. The molecule has 0 fully saturated rings. The molecule has 1 heterocycles. The molecule has 7 heteroatoms. The first-order valence-electron chi connectivity index (χ1n) is 5.71. The van der Waals surface area contributed by atoms with Crippen molar-refractivity contribution < 1.29 is 13.2 Å². The van der Waals surface area contributed by atoms with E-state index in [0.29, 0.717) is 10.2 Å². The molecule has 20 heavy (non-hydrogen) atoms. The largest absolute Gasteiger partial charge is 0.495 e. The van der Waals surface area contributed by atoms with E-state index in [9.17, 15) is 8.42 Å². The van der Waals surface area contributed by atoms with Gasteiger partial charge in [0.1, 0.15) is 10.6 Å². The van der Waals surface area contributed by atoms with Crippen LogP contribution in [-0.2, 0) is 10.0 Å². The molecule has 2 aromatic rings. The number of sulfonamides is 1. The second kappa shape index (κ2) is 5.80. The number of benzene rings is 1. The van der Waals surface area contributed by atoms with Crippen molar-refractivity contribution in [2.45, 2.75) is 11.8 Å². The molecule has 0 bridgehead atoms. The number of hydrogen-bond acceptors (Lipinski definition) is 4. The first-order chi connectivity index (χ1) is 9.44. The molecular formula is C13H13BrN2O3S. The van der Waals surface area contributed by atoms with Gasteiger partial charge in [-0.15, -0.1) is 0 Å². The van der Waals surface area contributed by atoms with Crippen LogP contribution in [0.4, 0.5) is 5.69 Å². The van der Waals surface area contributed by atoms with Crippen LogP contribution < -0.4 is 9.46 Å². The number of aryl methyl sites for hydroxylation is 1. The Morgan fingerprint density at radius 3 is 2.70 bits per heavy atom. The molecule has 0 saturated heterocycles. The predicted molar refractivity (Wildman–Crippen MR) is 80.5 cm³/mol. The van der Waals surface area contributed by atoms with Crippen molar-refractivity contribution >= 4 is 31.6 Å². The molecule has 0 saturated carbocycles. The number of aromatic nitrogens is 1. The Kier molecular flexibility index (Phi) is 4.29. The highest BCUT2D eigenvalue weighted by Gasteiger charge is 2.20. The monoisotopic (exact) mass is 356 g/mol. The van der Waals surface area contributed by atoms with Crippen molar-refractivity contribution in [3.8, 4) is 5.75 Å². The van der Waals surface area contributed by atoms with Crippen molar-refractivity contribution in [3.63, 3.8) is 0 Å². The molecule has 0 spiro atoms. The molecule has 2 rings (SSSR count). The van der Waals surface area contributed by atoms with Gasteiger partial charge in [0.05, 0.1) is 19.0 Å². The van der Waals surface area contributed by atoms with Crippen molar-refractivity contribution in [2.24, 2.45) is 0 Å². The minimum atomic E-state index is -3.75. The lowest BCUT2D eigenvalue weighted by Crippen LogP contribution is -2.15. The molecule has 0 radical (unpaired) electrons. The maximum atomic E-state index is 12.4. The molecule has 106 valence electrons. The van der Waals surface area contributed by atoms with Gasteiger partial charge in [0.15, 0.2) is 0 Å². The van der Waals surface area contributed by atoms with Crippen molar-refractivity contribution in [2.75, 3.05) is 11.8 Å². The third-order valence-electron chi connectivity index (χ3n) is 2.70. The van der Waals surface area contributed by atoms with Crippen LogP contribution in [0.2, 0.25) is 0 Å². The summed E-state index contributed by atoms with van der Waals surface area (Å²) in [5.74, 6) is 0.280. The van der Waals surface area contributed by atoms with E-state index in [4.69, 9.17) is 4.74 Å². The minimum absolute atomic E-state index is 0.0672. The number of rotatable bonds is 4. The first kappa shape index (κ1) is 14.8. The second-order valence-electron chi connectivity index (χ2n) is 4.09. The van der Waals surface area contributed by atoms with E-state index in [1.165, 1.54) is 19.4 Å². The predicted octanol–water partition coefficient (Wildman–Crippen LogP) is 2.96.